The summed E-state index contributed by atoms with van der Waals surface area (Å²) in [4.78, 5) is 0. The standard InChI is InChI=1S/C19H21ClN2O/c1-14(2)9-10-22-13-16-5-8-18(11-19(16)20)23-17-6-3-15(12-21)4-7-17/h3-8,11,14,22H,9-10,13H2,1-2H3. The van der Waals surface area contributed by atoms with Crippen LogP contribution >= 0.6 is 11.6 Å². The molecule has 3 nitrogen and oxygen atoms in total. The Morgan fingerprint density at radius 3 is 2.43 bits per heavy atom. The van der Waals surface area contributed by atoms with Gasteiger partial charge in [0.2, 0.25) is 0 Å². The molecule has 0 fully saturated rings. The molecule has 0 aromatic heterocycles. The van der Waals surface area contributed by atoms with Crippen molar-refractivity contribution < 1.29 is 4.74 Å². The minimum absolute atomic E-state index is 0.609. The lowest BCUT2D eigenvalue weighted by molar-refractivity contribution is 0.482. The van der Waals surface area contributed by atoms with Gasteiger partial charge in [0.25, 0.3) is 0 Å². The Morgan fingerprint density at radius 2 is 1.83 bits per heavy atom. The van der Waals surface area contributed by atoms with Crippen molar-refractivity contribution in [1.82, 2.24) is 5.32 Å². The minimum Gasteiger partial charge on any atom is -0.457 e. The third kappa shape index (κ3) is 5.59. The monoisotopic (exact) mass is 328 g/mol. The van der Waals surface area contributed by atoms with Crippen molar-refractivity contribution in [2.45, 2.75) is 26.8 Å². The highest BCUT2D eigenvalue weighted by molar-refractivity contribution is 6.31. The highest BCUT2D eigenvalue weighted by atomic mass is 35.5. The lowest BCUT2D eigenvalue weighted by atomic mass is 10.1. The number of halogens is 1. The normalized spacial score (nSPS) is 10.6. The van der Waals surface area contributed by atoms with Gasteiger partial charge in [-0.3, -0.25) is 0 Å². The number of hydrogen-bond acceptors (Lipinski definition) is 3. The predicted octanol–water partition coefficient (Wildman–Crippen LogP) is 5.14. The average molecular weight is 329 g/mol. The second-order valence-corrected chi connectivity index (χ2v) is 6.26. The van der Waals surface area contributed by atoms with E-state index in [-0.39, 0.29) is 0 Å². The summed E-state index contributed by atoms with van der Waals surface area (Å²) in [5, 5.41) is 12.9. The van der Waals surface area contributed by atoms with Gasteiger partial charge in [-0.05, 0) is 60.8 Å². The molecule has 23 heavy (non-hydrogen) atoms. The minimum atomic E-state index is 0.609. The number of benzene rings is 2. The SMILES string of the molecule is CC(C)CCNCc1ccc(Oc2ccc(C#N)cc2)cc1Cl. The molecule has 0 aliphatic carbocycles. The van der Waals surface area contributed by atoms with E-state index >= 15 is 0 Å². The van der Waals surface area contributed by atoms with Crippen LogP contribution in [0.3, 0.4) is 0 Å². The molecule has 2 aromatic carbocycles. The van der Waals surface area contributed by atoms with Crippen LogP contribution < -0.4 is 10.1 Å². The zero-order valence-electron chi connectivity index (χ0n) is 13.5. The molecule has 0 saturated carbocycles. The quantitative estimate of drug-likeness (QED) is 0.716. The molecule has 0 aliphatic rings. The molecule has 4 heteroatoms. The molecule has 120 valence electrons. The predicted molar refractivity (Wildman–Crippen MR) is 93.8 cm³/mol. The Morgan fingerprint density at radius 1 is 1.13 bits per heavy atom. The first-order valence-electron chi connectivity index (χ1n) is 7.75. The van der Waals surface area contributed by atoms with Crippen LogP contribution in [0.2, 0.25) is 5.02 Å². The van der Waals surface area contributed by atoms with Gasteiger partial charge in [0.1, 0.15) is 11.5 Å². The van der Waals surface area contributed by atoms with Gasteiger partial charge in [0.15, 0.2) is 0 Å². The zero-order valence-corrected chi connectivity index (χ0v) is 14.2. The van der Waals surface area contributed by atoms with Gasteiger partial charge < -0.3 is 10.1 Å². The average Bonchev–Trinajstić information content (AvgIpc) is 2.54. The van der Waals surface area contributed by atoms with Crippen LogP contribution in [0.15, 0.2) is 42.5 Å². The topological polar surface area (TPSA) is 45.0 Å². The summed E-state index contributed by atoms with van der Waals surface area (Å²) < 4.78 is 5.76. The molecular formula is C19H21ClN2O. The third-order valence-corrected chi connectivity index (χ3v) is 3.81. The van der Waals surface area contributed by atoms with Gasteiger partial charge in [-0.15, -0.1) is 0 Å². The maximum absolute atomic E-state index is 8.79. The summed E-state index contributed by atoms with van der Waals surface area (Å²) in [6.07, 6.45) is 1.15. The molecule has 0 saturated heterocycles. The molecule has 0 aliphatic heterocycles. The smallest absolute Gasteiger partial charge is 0.128 e. The highest BCUT2D eigenvalue weighted by Crippen LogP contribution is 2.27. The Balaban J connectivity index is 1.94. The van der Waals surface area contributed by atoms with Crippen molar-refractivity contribution in [3.05, 3.63) is 58.6 Å². The highest BCUT2D eigenvalue weighted by Gasteiger charge is 2.04. The van der Waals surface area contributed by atoms with E-state index in [9.17, 15) is 0 Å². The van der Waals surface area contributed by atoms with E-state index in [4.69, 9.17) is 21.6 Å². The maximum Gasteiger partial charge on any atom is 0.128 e. The molecule has 0 heterocycles. The van der Waals surface area contributed by atoms with Crippen LogP contribution in [0.1, 0.15) is 31.4 Å². The Labute approximate surface area is 142 Å². The van der Waals surface area contributed by atoms with Crippen LogP contribution in [0.25, 0.3) is 0 Å². The maximum atomic E-state index is 8.79. The first kappa shape index (κ1) is 17.3. The van der Waals surface area contributed by atoms with Crippen LogP contribution in [-0.2, 0) is 6.54 Å². The molecule has 0 spiro atoms. The number of hydrogen-bond donors (Lipinski definition) is 1. The molecule has 0 atom stereocenters. The third-order valence-electron chi connectivity index (χ3n) is 3.46. The molecule has 1 N–H and O–H groups in total. The fraction of sp³-hybridized carbons (Fsp3) is 0.316. The van der Waals surface area contributed by atoms with Gasteiger partial charge in [-0.25, -0.2) is 0 Å². The molecule has 2 rings (SSSR count). The zero-order chi connectivity index (χ0) is 16.7. The van der Waals surface area contributed by atoms with E-state index in [1.54, 1.807) is 24.3 Å². The summed E-state index contributed by atoms with van der Waals surface area (Å²) >= 11 is 6.32. The lowest BCUT2D eigenvalue weighted by Gasteiger charge is -2.10. The van der Waals surface area contributed by atoms with Crippen molar-refractivity contribution in [1.29, 1.82) is 5.26 Å². The number of nitriles is 1. The molecular weight excluding hydrogens is 308 g/mol. The van der Waals surface area contributed by atoms with Crippen molar-refractivity contribution >= 4 is 11.6 Å². The summed E-state index contributed by atoms with van der Waals surface area (Å²) in [6, 6.07) is 14.8. The van der Waals surface area contributed by atoms with Crippen LogP contribution in [-0.4, -0.2) is 6.54 Å². The summed E-state index contributed by atoms with van der Waals surface area (Å²) in [7, 11) is 0. The Bertz CT molecular complexity index is 675. The molecule has 0 bridgehead atoms. The van der Waals surface area contributed by atoms with Gasteiger partial charge in [-0.1, -0.05) is 31.5 Å². The Kier molecular flexibility index (Phi) is 6.46. The lowest BCUT2D eigenvalue weighted by Crippen LogP contribution is -2.16. The van der Waals surface area contributed by atoms with Crippen molar-refractivity contribution in [3.8, 4) is 17.6 Å². The van der Waals surface area contributed by atoms with Gasteiger partial charge in [0, 0.05) is 11.6 Å². The van der Waals surface area contributed by atoms with Crippen LogP contribution in [0.5, 0.6) is 11.5 Å². The van der Waals surface area contributed by atoms with E-state index in [0.29, 0.717) is 28.0 Å². The van der Waals surface area contributed by atoms with Crippen molar-refractivity contribution in [2.24, 2.45) is 5.92 Å². The molecule has 0 unspecified atom stereocenters. The van der Waals surface area contributed by atoms with Crippen LogP contribution in [0, 0.1) is 17.2 Å². The fourth-order valence-corrected chi connectivity index (χ4v) is 2.32. The Hall–Kier alpha value is -2.02. The van der Waals surface area contributed by atoms with E-state index in [2.05, 4.69) is 25.2 Å². The van der Waals surface area contributed by atoms with E-state index in [0.717, 1.165) is 25.1 Å². The fourth-order valence-electron chi connectivity index (χ4n) is 2.08. The molecule has 0 amide bonds. The van der Waals surface area contributed by atoms with E-state index in [1.165, 1.54) is 0 Å². The summed E-state index contributed by atoms with van der Waals surface area (Å²) in [6.45, 7) is 6.16. The summed E-state index contributed by atoms with van der Waals surface area (Å²) in [5.41, 5.74) is 1.67. The molecule has 0 radical (unpaired) electrons. The number of rotatable bonds is 7. The largest absolute Gasteiger partial charge is 0.457 e. The van der Waals surface area contributed by atoms with Gasteiger partial charge >= 0.3 is 0 Å². The van der Waals surface area contributed by atoms with E-state index in [1.807, 2.05) is 18.2 Å². The van der Waals surface area contributed by atoms with Crippen molar-refractivity contribution in [3.63, 3.8) is 0 Å². The second kappa shape index (κ2) is 8.57. The van der Waals surface area contributed by atoms with Gasteiger partial charge in [-0.2, -0.15) is 5.26 Å². The first-order chi connectivity index (χ1) is 11.1. The van der Waals surface area contributed by atoms with Crippen LogP contribution in [0.4, 0.5) is 0 Å². The number of ether oxygens (including phenoxy) is 1. The first-order valence-corrected chi connectivity index (χ1v) is 8.13. The van der Waals surface area contributed by atoms with Crippen molar-refractivity contribution in [2.75, 3.05) is 6.54 Å². The number of nitrogens with one attached hydrogen (secondary N) is 1. The van der Waals surface area contributed by atoms with Gasteiger partial charge in [0.05, 0.1) is 11.6 Å². The molecule has 2 aromatic rings. The number of nitrogens with zero attached hydrogens (tertiary/aromatic N) is 1. The summed E-state index contributed by atoms with van der Waals surface area (Å²) in [5.74, 6) is 2.06. The van der Waals surface area contributed by atoms with E-state index < -0.39 is 0 Å². The second-order valence-electron chi connectivity index (χ2n) is 5.85.